The Labute approximate surface area is 184 Å². The lowest BCUT2D eigenvalue weighted by Crippen LogP contribution is -2.31. The average Bonchev–Trinajstić information content (AvgIpc) is 3.46. The number of alkyl halides is 2. The van der Waals surface area contributed by atoms with Gasteiger partial charge in [0, 0.05) is 23.6 Å². The van der Waals surface area contributed by atoms with Crippen LogP contribution in [0.4, 0.5) is 8.78 Å². The molecular weight excluding hydrogens is 422 g/mol. The Kier molecular flexibility index (Phi) is 6.14. The Balaban J connectivity index is 1.36. The molecule has 2 saturated heterocycles. The van der Waals surface area contributed by atoms with Crippen LogP contribution in [-0.4, -0.2) is 42.9 Å². The molecule has 31 heavy (non-hydrogen) atoms. The molecule has 1 aliphatic carbocycles. The predicted octanol–water partition coefficient (Wildman–Crippen LogP) is 5.25. The molecule has 1 saturated carbocycles. The summed E-state index contributed by atoms with van der Waals surface area (Å²) in [7, 11) is 0. The smallest absolute Gasteiger partial charge is 0.300 e. The summed E-state index contributed by atoms with van der Waals surface area (Å²) in [5, 5.41) is 10.3. The molecule has 2 unspecified atom stereocenters. The third-order valence-corrected chi connectivity index (χ3v) is 7.92. The summed E-state index contributed by atoms with van der Waals surface area (Å²) < 4.78 is 49.0. The first-order valence-electron chi connectivity index (χ1n) is 11.1. The van der Waals surface area contributed by atoms with Crippen molar-refractivity contribution in [2.45, 2.75) is 62.6 Å². The van der Waals surface area contributed by atoms with Crippen LogP contribution in [0.2, 0.25) is 0 Å². The quantitative estimate of drug-likeness (QED) is 0.611. The average molecular weight is 451 g/mol. The van der Waals surface area contributed by atoms with Gasteiger partial charge in [0.15, 0.2) is 6.29 Å². The number of halogens is 2. The zero-order valence-corrected chi connectivity index (χ0v) is 18.1. The topological polar surface area (TPSA) is 47.9 Å². The Hall–Kier alpha value is -1.38. The van der Waals surface area contributed by atoms with Crippen LogP contribution in [0.3, 0.4) is 0 Å². The van der Waals surface area contributed by atoms with Gasteiger partial charge in [0.05, 0.1) is 29.8 Å². The number of aliphatic hydroxyl groups excluding tert-OH is 1. The summed E-state index contributed by atoms with van der Waals surface area (Å²) in [4.78, 5) is 0.0449. The number of thiophene rings is 1. The Morgan fingerprint density at radius 3 is 2.87 bits per heavy atom. The SMILES string of the molecule is OCC1C[C@@H]2[C@@H](/C=C/C(F)(F)c3cc4ccccc4s3)[C@H](OC3CCCCO3)C[C@@H]2O1. The second-order valence-electron chi connectivity index (χ2n) is 8.79. The predicted molar refractivity (Wildman–Crippen MR) is 115 cm³/mol. The summed E-state index contributed by atoms with van der Waals surface area (Å²) in [6, 6.07) is 9.02. The zero-order valence-electron chi connectivity index (χ0n) is 17.3. The van der Waals surface area contributed by atoms with Crippen LogP contribution in [0.1, 0.15) is 37.0 Å². The lowest BCUT2D eigenvalue weighted by atomic mass is 9.89. The molecule has 0 spiro atoms. The van der Waals surface area contributed by atoms with Crippen LogP contribution in [-0.2, 0) is 20.1 Å². The molecule has 1 aromatic carbocycles. The molecule has 7 heteroatoms. The lowest BCUT2D eigenvalue weighted by Gasteiger charge is -2.29. The fourth-order valence-electron chi connectivity index (χ4n) is 5.16. The number of benzene rings is 1. The highest BCUT2D eigenvalue weighted by Crippen LogP contribution is 2.47. The van der Waals surface area contributed by atoms with E-state index in [-0.39, 0.29) is 47.9 Å². The van der Waals surface area contributed by atoms with Gasteiger partial charge in [0.2, 0.25) is 0 Å². The Morgan fingerprint density at radius 2 is 2.10 bits per heavy atom. The number of hydrogen-bond acceptors (Lipinski definition) is 5. The van der Waals surface area contributed by atoms with Gasteiger partial charge in [-0.1, -0.05) is 24.3 Å². The van der Waals surface area contributed by atoms with Gasteiger partial charge in [0.1, 0.15) is 0 Å². The first kappa shape index (κ1) is 21.5. The van der Waals surface area contributed by atoms with E-state index < -0.39 is 5.92 Å². The van der Waals surface area contributed by atoms with Crippen LogP contribution >= 0.6 is 11.3 Å². The number of allylic oxidation sites excluding steroid dienone is 1. The Morgan fingerprint density at radius 1 is 1.23 bits per heavy atom. The molecule has 3 heterocycles. The highest BCUT2D eigenvalue weighted by Gasteiger charge is 2.50. The van der Waals surface area contributed by atoms with Crippen molar-refractivity contribution in [1.82, 2.24) is 0 Å². The van der Waals surface area contributed by atoms with Crippen LogP contribution in [0.15, 0.2) is 42.5 Å². The van der Waals surface area contributed by atoms with Gasteiger partial charge < -0.3 is 19.3 Å². The number of fused-ring (bicyclic) bond motifs is 2. The second-order valence-corrected chi connectivity index (χ2v) is 9.88. The van der Waals surface area contributed by atoms with E-state index in [1.54, 1.807) is 12.1 Å². The molecule has 0 bridgehead atoms. The summed E-state index contributed by atoms with van der Waals surface area (Å²) in [6.07, 6.45) is 6.11. The summed E-state index contributed by atoms with van der Waals surface area (Å²) in [5.41, 5.74) is 0. The minimum atomic E-state index is -3.05. The fourth-order valence-corrected chi connectivity index (χ4v) is 6.18. The van der Waals surface area contributed by atoms with Gasteiger partial charge in [-0.15, -0.1) is 11.3 Å². The molecule has 0 amide bonds. The van der Waals surface area contributed by atoms with Crippen LogP contribution in [0.25, 0.3) is 10.1 Å². The van der Waals surface area contributed by atoms with E-state index in [4.69, 9.17) is 14.2 Å². The normalized spacial score (nSPS) is 34.0. The van der Waals surface area contributed by atoms with Crippen molar-refractivity contribution in [3.05, 3.63) is 47.4 Å². The molecule has 1 aromatic heterocycles. The standard InChI is InChI=1S/C24H28F2O4S/c25-24(26,22-11-15-5-1-2-6-21(15)31-22)9-8-17-18-12-16(14-27)29-20(18)13-19(17)30-23-7-3-4-10-28-23/h1-2,5-6,8-9,11,16-20,23,27H,3-4,7,10,12-14H2/b9-8+/t16?,17-,18-,19-,20+,23?/m1/s1. The van der Waals surface area contributed by atoms with Gasteiger partial charge in [-0.2, -0.15) is 8.78 Å². The number of ether oxygens (including phenoxy) is 3. The maximum absolute atomic E-state index is 15.1. The molecular formula is C24H28F2O4S. The van der Waals surface area contributed by atoms with Gasteiger partial charge in [-0.3, -0.25) is 0 Å². The van der Waals surface area contributed by atoms with Crippen molar-refractivity contribution in [2.24, 2.45) is 11.8 Å². The van der Waals surface area contributed by atoms with E-state index in [0.717, 1.165) is 46.8 Å². The summed E-state index contributed by atoms with van der Waals surface area (Å²) in [6.45, 7) is 0.635. The lowest BCUT2D eigenvalue weighted by molar-refractivity contribution is -0.194. The maximum atomic E-state index is 15.1. The maximum Gasteiger partial charge on any atom is 0.300 e. The van der Waals surface area contributed by atoms with E-state index in [1.807, 2.05) is 24.3 Å². The summed E-state index contributed by atoms with van der Waals surface area (Å²) in [5.74, 6) is -3.17. The number of aliphatic hydroxyl groups is 1. The molecule has 2 aromatic rings. The van der Waals surface area contributed by atoms with E-state index in [9.17, 15) is 5.11 Å². The van der Waals surface area contributed by atoms with E-state index in [2.05, 4.69) is 0 Å². The highest BCUT2D eigenvalue weighted by molar-refractivity contribution is 7.19. The first-order valence-corrected chi connectivity index (χ1v) is 11.9. The zero-order chi connectivity index (χ0) is 21.4. The van der Waals surface area contributed by atoms with Crippen molar-refractivity contribution in [1.29, 1.82) is 0 Å². The molecule has 3 aliphatic rings. The fraction of sp³-hybridized carbons (Fsp3) is 0.583. The van der Waals surface area contributed by atoms with Crippen molar-refractivity contribution < 1.29 is 28.1 Å². The minimum absolute atomic E-state index is 0.0430. The van der Waals surface area contributed by atoms with E-state index >= 15 is 8.78 Å². The van der Waals surface area contributed by atoms with Crippen LogP contribution < -0.4 is 0 Å². The minimum Gasteiger partial charge on any atom is -0.394 e. The van der Waals surface area contributed by atoms with E-state index in [0.29, 0.717) is 19.4 Å². The van der Waals surface area contributed by atoms with Crippen LogP contribution in [0.5, 0.6) is 0 Å². The molecule has 3 fully saturated rings. The highest BCUT2D eigenvalue weighted by atomic mass is 32.1. The molecule has 6 atom stereocenters. The van der Waals surface area contributed by atoms with Gasteiger partial charge >= 0.3 is 5.92 Å². The number of hydrogen-bond donors (Lipinski definition) is 1. The Bertz CT molecular complexity index is 890. The van der Waals surface area contributed by atoms with Crippen LogP contribution in [0, 0.1) is 11.8 Å². The molecule has 0 radical (unpaired) electrons. The third kappa shape index (κ3) is 4.44. The third-order valence-electron chi connectivity index (χ3n) is 6.72. The van der Waals surface area contributed by atoms with Crippen molar-refractivity contribution in [3.8, 4) is 0 Å². The van der Waals surface area contributed by atoms with Gasteiger partial charge in [0.25, 0.3) is 0 Å². The molecule has 4 nitrogen and oxygen atoms in total. The van der Waals surface area contributed by atoms with Crippen molar-refractivity contribution >= 4 is 21.4 Å². The van der Waals surface area contributed by atoms with Crippen molar-refractivity contribution in [2.75, 3.05) is 13.2 Å². The monoisotopic (exact) mass is 450 g/mol. The molecule has 1 N–H and O–H groups in total. The van der Waals surface area contributed by atoms with E-state index in [1.165, 1.54) is 0 Å². The second kappa shape index (κ2) is 8.87. The molecule has 2 aliphatic heterocycles. The number of rotatable bonds is 6. The van der Waals surface area contributed by atoms with Gasteiger partial charge in [-0.25, -0.2) is 0 Å². The van der Waals surface area contributed by atoms with Crippen molar-refractivity contribution in [3.63, 3.8) is 0 Å². The molecule has 5 rings (SSSR count). The van der Waals surface area contributed by atoms with Gasteiger partial charge in [-0.05, 0) is 55.2 Å². The molecule has 168 valence electrons. The first-order chi connectivity index (χ1) is 15.0. The summed E-state index contributed by atoms with van der Waals surface area (Å²) >= 11 is 1.13. The largest absolute Gasteiger partial charge is 0.394 e.